The Morgan fingerprint density at radius 3 is 2.51 bits per heavy atom. The second kappa shape index (κ2) is 10.1. The van der Waals surface area contributed by atoms with E-state index in [0.717, 1.165) is 0 Å². The third kappa shape index (κ3) is 5.00. The zero-order valence-electron chi connectivity index (χ0n) is 20.8. The molecular weight excluding hydrogens is 569 g/mol. The molecule has 2 atom stereocenters. The third-order valence-corrected chi connectivity index (χ3v) is 10.2. The van der Waals surface area contributed by atoms with Gasteiger partial charge in [0.25, 0.3) is 0 Å². The van der Waals surface area contributed by atoms with Gasteiger partial charge in [0.1, 0.15) is 16.7 Å². The number of carbonyl (C=O) groups excluding carboxylic acids is 2. The molecule has 2 aromatic rings. The van der Waals surface area contributed by atoms with Gasteiger partial charge in [-0.05, 0) is 37.1 Å². The Labute approximate surface area is 235 Å². The average molecular weight is 594 g/mol. The van der Waals surface area contributed by atoms with Crippen LogP contribution in [0.3, 0.4) is 0 Å². The van der Waals surface area contributed by atoms with Crippen LogP contribution in [0.2, 0.25) is 10.0 Å². The summed E-state index contributed by atoms with van der Waals surface area (Å²) < 4.78 is 38.1. The lowest BCUT2D eigenvalue weighted by Crippen LogP contribution is -2.66. The summed E-state index contributed by atoms with van der Waals surface area (Å²) in [6, 6.07) is 9.54. The number of hydrogen-bond acceptors (Lipinski definition) is 9. The van der Waals surface area contributed by atoms with Crippen LogP contribution in [0.5, 0.6) is 5.75 Å². The van der Waals surface area contributed by atoms with Crippen LogP contribution in [-0.4, -0.2) is 74.1 Å². The van der Waals surface area contributed by atoms with Gasteiger partial charge in [-0.25, -0.2) is 13.2 Å². The molecule has 1 saturated carbocycles. The molecule has 2 N–H and O–H groups in total. The summed E-state index contributed by atoms with van der Waals surface area (Å²) in [4.78, 5) is 32.3. The topological polar surface area (TPSA) is 151 Å². The Morgan fingerprint density at radius 1 is 1.23 bits per heavy atom. The molecule has 2 amide bonds. The SMILES string of the molecule is COc1ccc(S(=O)(=O)[C@@H]2C[C@H](OC(=O)NC3(C#N)CC3)N(C(=O)C3(c4ccc(Cl)cn4)CNC3)C2)c(Cl)c1. The summed E-state index contributed by atoms with van der Waals surface area (Å²) in [5.41, 5.74) is -1.63. The van der Waals surface area contributed by atoms with Gasteiger partial charge in [-0.1, -0.05) is 23.2 Å². The Balaban J connectivity index is 1.46. The van der Waals surface area contributed by atoms with Gasteiger partial charge in [-0.2, -0.15) is 5.26 Å². The smallest absolute Gasteiger partial charge is 0.410 e. The number of pyridine rings is 1. The Morgan fingerprint density at radius 2 is 1.97 bits per heavy atom. The molecule has 0 bridgehead atoms. The fraction of sp³-hybridized carbons (Fsp3) is 0.440. The first-order chi connectivity index (χ1) is 18.5. The van der Waals surface area contributed by atoms with Crippen LogP contribution in [0, 0.1) is 11.3 Å². The number of alkyl carbamates (subject to hydrolysis) is 1. The fourth-order valence-electron chi connectivity index (χ4n) is 4.82. The predicted molar refractivity (Wildman–Crippen MR) is 140 cm³/mol. The van der Waals surface area contributed by atoms with Crippen molar-refractivity contribution >= 4 is 45.0 Å². The molecule has 0 unspecified atom stereocenters. The van der Waals surface area contributed by atoms with E-state index in [1.807, 2.05) is 6.07 Å². The fourth-order valence-corrected chi connectivity index (χ4v) is 7.15. The Kier molecular flexibility index (Phi) is 7.13. The molecule has 2 aliphatic heterocycles. The first-order valence-electron chi connectivity index (χ1n) is 12.1. The standard InChI is InChI=1S/C25H25Cl2N5O6S/c1-37-16-3-4-19(18(27)8-16)39(35,36)17-9-21(38-23(34)31-24(12-28)6-7-24)32(11-17)22(33)25(13-29-14-25)20-5-2-15(26)10-30-20/h2-5,8,10,17,21,29H,6-7,9,11,13-14H2,1H3,(H,31,34)/t17-,21+/m1/s1. The number of rotatable bonds is 7. The molecule has 206 valence electrons. The minimum Gasteiger partial charge on any atom is -0.497 e. The number of halogens is 2. The van der Waals surface area contributed by atoms with Crippen molar-refractivity contribution in [3.05, 3.63) is 52.3 Å². The molecule has 0 spiro atoms. The average Bonchev–Trinajstić information content (AvgIpc) is 3.52. The largest absolute Gasteiger partial charge is 0.497 e. The van der Waals surface area contributed by atoms with E-state index in [4.69, 9.17) is 32.7 Å². The van der Waals surface area contributed by atoms with Gasteiger partial charge in [-0.3, -0.25) is 9.78 Å². The maximum absolute atomic E-state index is 14.1. The van der Waals surface area contributed by atoms with Gasteiger partial charge in [0.2, 0.25) is 5.91 Å². The lowest BCUT2D eigenvalue weighted by atomic mass is 9.76. The molecule has 3 heterocycles. The van der Waals surface area contributed by atoms with Crippen LogP contribution in [0.25, 0.3) is 0 Å². The molecule has 1 aromatic carbocycles. The summed E-state index contributed by atoms with van der Waals surface area (Å²) in [5, 5.41) is 14.2. The van der Waals surface area contributed by atoms with Crippen LogP contribution in [-0.2, 0) is 24.8 Å². The van der Waals surface area contributed by atoms with Crippen molar-refractivity contribution in [1.29, 1.82) is 5.26 Å². The number of aromatic nitrogens is 1. The van der Waals surface area contributed by atoms with E-state index in [1.54, 1.807) is 12.1 Å². The summed E-state index contributed by atoms with van der Waals surface area (Å²) in [6.45, 7) is 0.282. The molecule has 39 heavy (non-hydrogen) atoms. The van der Waals surface area contributed by atoms with Crippen LogP contribution >= 0.6 is 23.2 Å². The molecule has 1 aromatic heterocycles. The molecule has 14 heteroatoms. The minimum atomic E-state index is -4.06. The maximum atomic E-state index is 14.1. The highest BCUT2D eigenvalue weighted by Crippen LogP contribution is 2.38. The van der Waals surface area contributed by atoms with Crippen molar-refractivity contribution in [2.45, 2.75) is 46.6 Å². The van der Waals surface area contributed by atoms with Crippen molar-refractivity contribution in [2.75, 3.05) is 26.7 Å². The van der Waals surface area contributed by atoms with Gasteiger partial charge < -0.3 is 25.0 Å². The zero-order chi connectivity index (χ0) is 28.0. The number of carbonyl (C=O) groups is 2. The summed E-state index contributed by atoms with van der Waals surface area (Å²) in [5.74, 6) is -0.0461. The molecule has 0 radical (unpaired) electrons. The molecule has 1 aliphatic carbocycles. The monoisotopic (exact) mass is 593 g/mol. The summed E-state index contributed by atoms with van der Waals surface area (Å²) in [6.07, 6.45) is 0.120. The van der Waals surface area contributed by atoms with Gasteiger partial charge in [0.05, 0.1) is 39.1 Å². The van der Waals surface area contributed by atoms with Crippen molar-refractivity contribution in [2.24, 2.45) is 0 Å². The van der Waals surface area contributed by atoms with Crippen molar-refractivity contribution in [3.8, 4) is 11.8 Å². The molecule has 5 rings (SSSR count). The molecule has 3 aliphatic rings. The highest BCUT2D eigenvalue weighted by molar-refractivity contribution is 7.92. The third-order valence-electron chi connectivity index (χ3n) is 7.39. The zero-order valence-corrected chi connectivity index (χ0v) is 23.1. The number of hydrogen-bond donors (Lipinski definition) is 2. The highest BCUT2D eigenvalue weighted by atomic mass is 35.5. The Hall–Kier alpha value is -3.11. The maximum Gasteiger partial charge on any atom is 0.410 e. The van der Waals surface area contributed by atoms with E-state index in [-0.39, 0.29) is 36.0 Å². The van der Waals surface area contributed by atoms with Gasteiger partial charge in [-0.15, -0.1) is 0 Å². The minimum absolute atomic E-state index is 0.0240. The van der Waals surface area contributed by atoms with Gasteiger partial charge in [0, 0.05) is 38.3 Å². The van der Waals surface area contributed by atoms with Crippen LogP contribution in [0.1, 0.15) is 25.0 Å². The van der Waals surface area contributed by atoms with Gasteiger partial charge in [0.15, 0.2) is 16.1 Å². The van der Waals surface area contributed by atoms with Crippen molar-refractivity contribution < 1.29 is 27.5 Å². The summed E-state index contributed by atoms with van der Waals surface area (Å²) >= 11 is 12.3. The van der Waals surface area contributed by atoms with Crippen LogP contribution in [0.15, 0.2) is 41.4 Å². The lowest BCUT2D eigenvalue weighted by Gasteiger charge is -2.43. The van der Waals surface area contributed by atoms with E-state index in [0.29, 0.717) is 29.3 Å². The van der Waals surface area contributed by atoms with E-state index < -0.39 is 44.3 Å². The van der Waals surface area contributed by atoms with E-state index in [9.17, 15) is 23.3 Å². The number of nitrogens with one attached hydrogen (secondary N) is 2. The molecular formula is C25H25Cl2N5O6S. The van der Waals surface area contributed by atoms with Crippen molar-refractivity contribution in [1.82, 2.24) is 20.5 Å². The van der Waals surface area contributed by atoms with Crippen LogP contribution in [0.4, 0.5) is 4.79 Å². The van der Waals surface area contributed by atoms with Gasteiger partial charge >= 0.3 is 6.09 Å². The van der Waals surface area contributed by atoms with E-state index in [1.165, 1.54) is 36.4 Å². The molecule has 3 fully saturated rings. The first kappa shape index (κ1) is 27.5. The number of amides is 2. The highest BCUT2D eigenvalue weighted by Gasteiger charge is 2.55. The second-order valence-corrected chi connectivity index (χ2v) is 12.9. The second-order valence-electron chi connectivity index (χ2n) is 9.88. The number of nitriles is 1. The van der Waals surface area contributed by atoms with E-state index >= 15 is 0 Å². The summed E-state index contributed by atoms with van der Waals surface area (Å²) in [7, 11) is -2.62. The predicted octanol–water partition coefficient (Wildman–Crippen LogP) is 2.42. The number of sulfone groups is 1. The first-order valence-corrected chi connectivity index (χ1v) is 14.5. The lowest BCUT2D eigenvalue weighted by molar-refractivity contribution is -0.146. The number of ether oxygens (including phenoxy) is 2. The van der Waals surface area contributed by atoms with Crippen LogP contribution < -0.4 is 15.4 Å². The Bertz CT molecular complexity index is 1450. The number of nitrogens with zero attached hydrogens (tertiary/aromatic N) is 3. The normalized spacial score (nSPS) is 22.8. The van der Waals surface area contributed by atoms with E-state index in [2.05, 4.69) is 15.6 Å². The van der Waals surface area contributed by atoms with Crippen molar-refractivity contribution in [3.63, 3.8) is 0 Å². The molecule has 11 nitrogen and oxygen atoms in total. The molecule has 2 saturated heterocycles. The number of methoxy groups -OCH3 is 1. The number of likely N-dealkylation sites (tertiary alicyclic amines) is 1. The number of benzene rings is 1. The quantitative estimate of drug-likeness (QED) is 0.493.